The van der Waals surface area contributed by atoms with Crippen LogP contribution in [-0.2, 0) is 0 Å². The van der Waals surface area contributed by atoms with Crippen LogP contribution < -0.4 is 5.32 Å². The first-order valence-electron chi connectivity index (χ1n) is 6.17. The van der Waals surface area contributed by atoms with Crippen molar-refractivity contribution in [3.05, 3.63) is 60.2 Å². The van der Waals surface area contributed by atoms with Crippen LogP contribution in [0.3, 0.4) is 0 Å². The van der Waals surface area contributed by atoms with Crippen LogP contribution in [0.2, 0.25) is 0 Å². The Kier molecular flexibility index (Phi) is 3.52. The van der Waals surface area contributed by atoms with E-state index in [9.17, 15) is 0 Å². The van der Waals surface area contributed by atoms with Crippen molar-refractivity contribution in [2.75, 3.05) is 12.4 Å². The second-order valence-electron chi connectivity index (χ2n) is 4.59. The third-order valence-corrected chi connectivity index (χ3v) is 3.27. The number of rotatable bonds is 3. The van der Waals surface area contributed by atoms with Gasteiger partial charge in [0.05, 0.1) is 0 Å². The molecule has 1 nitrogen and oxygen atoms in total. The number of hydrogen-bond donors (Lipinski definition) is 1. The van der Waals surface area contributed by atoms with E-state index < -0.39 is 0 Å². The quantitative estimate of drug-likeness (QED) is 0.813. The van der Waals surface area contributed by atoms with Gasteiger partial charge < -0.3 is 5.32 Å². The highest BCUT2D eigenvalue weighted by molar-refractivity contribution is 5.76. The van der Waals surface area contributed by atoms with Crippen molar-refractivity contribution < 1.29 is 0 Å². The maximum Gasteiger partial charge on any atom is 0.0373 e. The molecule has 0 aliphatic rings. The average molecular weight is 237 g/mol. The van der Waals surface area contributed by atoms with Crippen molar-refractivity contribution in [1.82, 2.24) is 0 Å². The van der Waals surface area contributed by atoms with Gasteiger partial charge in [-0.25, -0.2) is 0 Å². The van der Waals surface area contributed by atoms with Crippen LogP contribution in [0.1, 0.15) is 18.1 Å². The molecule has 1 heteroatoms. The lowest BCUT2D eigenvalue weighted by Crippen LogP contribution is -1.93. The van der Waals surface area contributed by atoms with Crippen molar-refractivity contribution >= 4 is 11.3 Å². The third kappa shape index (κ3) is 2.30. The Balaban J connectivity index is 2.55. The predicted molar refractivity (Wildman–Crippen MR) is 80.9 cm³/mol. The van der Waals surface area contributed by atoms with E-state index >= 15 is 0 Å². The Hall–Kier alpha value is -2.02. The van der Waals surface area contributed by atoms with Crippen LogP contribution in [0.4, 0.5) is 5.69 Å². The van der Waals surface area contributed by atoms with Crippen LogP contribution in [-0.4, -0.2) is 7.05 Å². The van der Waals surface area contributed by atoms with Gasteiger partial charge in [0.15, 0.2) is 0 Å². The van der Waals surface area contributed by atoms with Crippen LogP contribution in [0, 0.1) is 6.92 Å². The minimum atomic E-state index is 1.10. The number of anilines is 1. The van der Waals surface area contributed by atoms with Gasteiger partial charge in [-0.1, -0.05) is 42.5 Å². The molecular formula is C17H19N. The van der Waals surface area contributed by atoms with E-state index in [-0.39, 0.29) is 0 Å². The zero-order valence-corrected chi connectivity index (χ0v) is 11.2. The lowest BCUT2D eigenvalue weighted by molar-refractivity contribution is 1.40. The Morgan fingerprint density at radius 3 is 2.50 bits per heavy atom. The molecule has 0 aliphatic heterocycles. The van der Waals surface area contributed by atoms with Crippen LogP contribution >= 0.6 is 0 Å². The molecule has 1 N–H and O–H groups in total. The predicted octanol–water partition coefficient (Wildman–Crippen LogP) is 4.74. The van der Waals surface area contributed by atoms with Crippen molar-refractivity contribution in [2.24, 2.45) is 0 Å². The van der Waals surface area contributed by atoms with E-state index in [1.165, 1.54) is 27.9 Å². The fraction of sp³-hybridized carbons (Fsp3) is 0.176. The largest absolute Gasteiger partial charge is 0.388 e. The van der Waals surface area contributed by atoms with Crippen LogP contribution in [0.5, 0.6) is 0 Å². The zero-order chi connectivity index (χ0) is 13.1. The molecule has 0 aliphatic carbocycles. The first kappa shape index (κ1) is 12.4. The number of nitrogens with one attached hydrogen (secondary N) is 1. The van der Waals surface area contributed by atoms with E-state index in [0.29, 0.717) is 0 Å². The monoisotopic (exact) mass is 237 g/mol. The zero-order valence-electron chi connectivity index (χ0n) is 11.2. The molecule has 0 saturated carbocycles. The summed E-state index contributed by atoms with van der Waals surface area (Å²) in [7, 11) is 1.95. The summed E-state index contributed by atoms with van der Waals surface area (Å²) in [5.41, 5.74) is 7.25. The first-order valence-corrected chi connectivity index (χ1v) is 6.17. The van der Waals surface area contributed by atoms with Gasteiger partial charge in [-0.15, -0.1) is 0 Å². The van der Waals surface area contributed by atoms with E-state index in [0.717, 1.165) is 5.57 Å². The second-order valence-corrected chi connectivity index (χ2v) is 4.59. The number of benzene rings is 2. The molecule has 0 heterocycles. The van der Waals surface area contributed by atoms with Crippen molar-refractivity contribution in [3.8, 4) is 11.1 Å². The topological polar surface area (TPSA) is 12.0 Å². The standard InChI is InChI=1S/C17H19N/c1-12(2)14-7-5-8-15(11-14)16-9-6-10-17(18-4)13(16)3/h5-11,18H,1H2,2-4H3. The summed E-state index contributed by atoms with van der Waals surface area (Å²) >= 11 is 0. The molecular weight excluding hydrogens is 218 g/mol. The molecule has 2 rings (SSSR count). The summed E-state index contributed by atoms with van der Waals surface area (Å²) < 4.78 is 0. The van der Waals surface area contributed by atoms with Gasteiger partial charge in [-0.05, 0) is 48.2 Å². The molecule has 2 aromatic rings. The Morgan fingerprint density at radius 1 is 1.11 bits per heavy atom. The van der Waals surface area contributed by atoms with Gasteiger partial charge in [0.1, 0.15) is 0 Å². The third-order valence-electron chi connectivity index (χ3n) is 3.27. The molecule has 0 amide bonds. The van der Waals surface area contributed by atoms with Crippen LogP contribution in [0.15, 0.2) is 49.0 Å². The summed E-state index contributed by atoms with van der Waals surface area (Å²) in [5.74, 6) is 0. The second kappa shape index (κ2) is 5.09. The highest BCUT2D eigenvalue weighted by atomic mass is 14.8. The lowest BCUT2D eigenvalue weighted by atomic mass is 9.96. The lowest BCUT2D eigenvalue weighted by Gasteiger charge is -2.12. The Bertz CT molecular complexity index is 582. The highest BCUT2D eigenvalue weighted by Gasteiger charge is 2.05. The maximum atomic E-state index is 4.00. The molecule has 0 unspecified atom stereocenters. The summed E-state index contributed by atoms with van der Waals surface area (Å²) in [6.45, 7) is 8.19. The van der Waals surface area contributed by atoms with E-state index in [1.54, 1.807) is 0 Å². The molecule has 92 valence electrons. The minimum absolute atomic E-state index is 1.10. The highest BCUT2D eigenvalue weighted by Crippen LogP contribution is 2.29. The molecule has 18 heavy (non-hydrogen) atoms. The van der Waals surface area contributed by atoms with Crippen LogP contribution in [0.25, 0.3) is 16.7 Å². The Morgan fingerprint density at radius 2 is 1.83 bits per heavy atom. The smallest absolute Gasteiger partial charge is 0.0373 e. The maximum absolute atomic E-state index is 4.00. The normalized spacial score (nSPS) is 10.2. The summed E-state index contributed by atoms with van der Waals surface area (Å²) in [4.78, 5) is 0. The van der Waals surface area contributed by atoms with Gasteiger partial charge >= 0.3 is 0 Å². The fourth-order valence-corrected chi connectivity index (χ4v) is 2.17. The van der Waals surface area contributed by atoms with E-state index in [2.05, 4.69) is 61.3 Å². The van der Waals surface area contributed by atoms with E-state index in [4.69, 9.17) is 0 Å². The SMILES string of the molecule is C=C(C)c1cccc(-c2cccc(NC)c2C)c1. The summed E-state index contributed by atoms with van der Waals surface area (Å²) in [6.07, 6.45) is 0. The fourth-order valence-electron chi connectivity index (χ4n) is 2.17. The van der Waals surface area contributed by atoms with Crippen molar-refractivity contribution in [1.29, 1.82) is 0 Å². The molecule has 0 atom stereocenters. The van der Waals surface area contributed by atoms with Gasteiger partial charge in [-0.2, -0.15) is 0 Å². The van der Waals surface area contributed by atoms with E-state index in [1.807, 2.05) is 14.0 Å². The number of hydrogen-bond acceptors (Lipinski definition) is 1. The molecule has 0 fully saturated rings. The first-order chi connectivity index (χ1) is 8.63. The molecule has 2 aromatic carbocycles. The molecule has 0 radical (unpaired) electrons. The summed E-state index contributed by atoms with van der Waals surface area (Å²) in [5, 5.41) is 3.23. The Labute approximate surface area is 109 Å². The molecule has 0 aromatic heterocycles. The van der Waals surface area contributed by atoms with Gasteiger partial charge in [0.2, 0.25) is 0 Å². The number of allylic oxidation sites excluding steroid dienone is 1. The van der Waals surface area contributed by atoms with Crippen molar-refractivity contribution in [3.63, 3.8) is 0 Å². The van der Waals surface area contributed by atoms with Crippen molar-refractivity contribution in [2.45, 2.75) is 13.8 Å². The summed E-state index contributed by atoms with van der Waals surface area (Å²) in [6, 6.07) is 14.9. The van der Waals surface area contributed by atoms with Gasteiger partial charge in [-0.3, -0.25) is 0 Å². The van der Waals surface area contributed by atoms with Gasteiger partial charge in [0.25, 0.3) is 0 Å². The molecule has 0 saturated heterocycles. The van der Waals surface area contributed by atoms with Gasteiger partial charge in [0, 0.05) is 12.7 Å². The molecule has 0 spiro atoms. The average Bonchev–Trinajstić information content (AvgIpc) is 2.39. The minimum Gasteiger partial charge on any atom is -0.388 e. The molecule has 0 bridgehead atoms.